The van der Waals surface area contributed by atoms with Crippen molar-refractivity contribution in [1.29, 1.82) is 0 Å². The van der Waals surface area contributed by atoms with E-state index in [-0.39, 0.29) is 18.0 Å². The number of benzene rings is 1. The lowest BCUT2D eigenvalue weighted by atomic mass is 9.93. The Kier molecular flexibility index (Phi) is 5.76. The summed E-state index contributed by atoms with van der Waals surface area (Å²) < 4.78 is 5.47. The Morgan fingerprint density at radius 2 is 2.12 bits per heavy atom. The molecule has 5 heteroatoms. The molecule has 0 aliphatic heterocycles. The van der Waals surface area contributed by atoms with E-state index in [4.69, 9.17) is 4.42 Å². The lowest BCUT2D eigenvalue weighted by molar-refractivity contribution is 0.173. The third kappa shape index (κ3) is 4.63. The molecule has 5 nitrogen and oxygen atoms in total. The Balaban J connectivity index is 1.57. The fourth-order valence-corrected chi connectivity index (χ4v) is 3.54. The molecule has 1 aliphatic rings. The van der Waals surface area contributed by atoms with Crippen LogP contribution >= 0.6 is 0 Å². The van der Waals surface area contributed by atoms with E-state index >= 15 is 0 Å². The van der Waals surface area contributed by atoms with Gasteiger partial charge in [-0.2, -0.15) is 0 Å². The number of furan rings is 1. The summed E-state index contributed by atoms with van der Waals surface area (Å²) in [6.07, 6.45) is 4.76. The maximum atomic E-state index is 12.3. The van der Waals surface area contributed by atoms with Crippen LogP contribution in [0.4, 0.5) is 4.79 Å². The van der Waals surface area contributed by atoms with Gasteiger partial charge in [0.2, 0.25) is 0 Å². The molecule has 0 fully saturated rings. The Morgan fingerprint density at radius 1 is 1.32 bits per heavy atom. The normalized spacial score (nSPS) is 18.9. The number of aliphatic hydroxyl groups is 1. The van der Waals surface area contributed by atoms with Crippen LogP contribution in [0.1, 0.15) is 55.0 Å². The molecule has 2 aromatic rings. The predicted octanol–water partition coefficient (Wildman–Crippen LogP) is 3.51. The number of carbonyl (C=O) groups is 1. The van der Waals surface area contributed by atoms with Crippen molar-refractivity contribution in [1.82, 2.24) is 10.6 Å². The fourth-order valence-electron chi connectivity index (χ4n) is 3.54. The summed E-state index contributed by atoms with van der Waals surface area (Å²) in [5, 5.41) is 15.8. The van der Waals surface area contributed by atoms with Crippen LogP contribution in [0.25, 0.3) is 0 Å². The minimum Gasteiger partial charge on any atom is -0.469 e. The second-order valence-corrected chi connectivity index (χ2v) is 6.79. The average Bonchev–Trinajstić information content (AvgIpc) is 3.09. The van der Waals surface area contributed by atoms with E-state index in [1.807, 2.05) is 36.4 Å². The SMILES string of the molecule is CC(O)CC(CNC(=O)NC1CCCc2occc21)c1ccccc1. The number of fused-ring (bicyclic) bond motifs is 1. The highest BCUT2D eigenvalue weighted by Crippen LogP contribution is 2.30. The largest absolute Gasteiger partial charge is 0.469 e. The van der Waals surface area contributed by atoms with E-state index in [0.29, 0.717) is 13.0 Å². The molecule has 0 radical (unpaired) electrons. The minimum absolute atomic E-state index is 0.00874. The van der Waals surface area contributed by atoms with Gasteiger partial charge < -0.3 is 20.2 Å². The molecular formula is C20H26N2O3. The molecule has 0 saturated carbocycles. The van der Waals surface area contributed by atoms with Crippen LogP contribution in [0.3, 0.4) is 0 Å². The lowest BCUT2D eigenvalue weighted by Gasteiger charge is -2.24. The van der Waals surface area contributed by atoms with Gasteiger partial charge in [-0.15, -0.1) is 0 Å². The molecule has 25 heavy (non-hydrogen) atoms. The van der Waals surface area contributed by atoms with Crippen LogP contribution in [0, 0.1) is 0 Å². The standard InChI is InChI=1S/C20H26N2O3/c1-14(23)12-16(15-6-3-2-4-7-15)13-21-20(24)22-18-8-5-9-19-17(18)10-11-25-19/h2-4,6-7,10-11,14,16,18,23H,5,8-9,12-13H2,1H3,(H2,21,22,24). The Bertz CT molecular complexity index is 681. The van der Waals surface area contributed by atoms with Crippen LogP contribution in [-0.4, -0.2) is 23.8 Å². The first kappa shape index (κ1) is 17.5. The number of carbonyl (C=O) groups excluding carboxylic acids is 1. The average molecular weight is 342 g/mol. The number of aryl methyl sites for hydroxylation is 1. The van der Waals surface area contributed by atoms with Crippen molar-refractivity contribution in [3.63, 3.8) is 0 Å². The summed E-state index contributed by atoms with van der Waals surface area (Å²) in [4.78, 5) is 12.3. The summed E-state index contributed by atoms with van der Waals surface area (Å²) in [6, 6.07) is 11.8. The lowest BCUT2D eigenvalue weighted by Crippen LogP contribution is -2.40. The molecule has 3 rings (SSSR count). The van der Waals surface area contributed by atoms with Crippen LogP contribution in [-0.2, 0) is 6.42 Å². The van der Waals surface area contributed by atoms with Gasteiger partial charge in [-0.25, -0.2) is 4.79 Å². The Labute approximate surface area is 148 Å². The van der Waals surface area contributed by atoms with Gasteiger partial charge in [0.1, 0.15) is 5.76 Å². The first-order chi connectivity index (χ1) is 12.1. The van der Waals surface area contributed by atoms with Crippen molar-refractivity contribution >= 4 is 6.03 Å². The van der Waals surface area contributed by atoms with E-state index in [1.54, 1.807) is 13.2 Å². The monoisotopic (exact) mass is 342 g/mol. The summed E-state index contributed by atoms with van der Waals surface area (Å²) in [5.74, 6) is 1.07. The van der Waals surface area contributed by atoms with Crippen molar-refractivity contribution in [2.75, 3.05) is 6.54 Å². The molecule has 0 saturated heterocycles. The van der Waals surface area contributed by atoms with Crippen LogP contribution in [0.5, 0.6) is 0 Å². The van der Waals surface area contributed by atoms with Crippen molar-refractivity contribution in [3.8, 4) is 0 Å². The molecule has 1 aliphatic carbocycles. The van der Waals surface area contributed by atoms with E-state index in [9.17, 15) is 9.90 Å². The van der Waals surface area contributed by atoms with E-state index in [1.165, 1.54) is 0 Å². The second-order valence-electron chi connectivity index (χ2n) is 6.79. The van der Waals surface area contributed by atoms with Gasteiger partial charge in [-0.3, -0.25) is 0 Å². The van der Waals surface area contributed by atoms with Crippen molar-refractivity contribution in [2.45, 2.75) is 50.7 Å². The summed E-state index contributed by atoms with van der Waals surface area (Å²) in [5.41, 5.74) is 2.21. The third-order valence-corrected chi connectivity index (χ3v) is 4.76. The molecule has 0 bridgehead atoms. The third-order valence-electron chi connectivity index (χ3n) is 4.76. The second kappa shape index (κ2) is 8.21. The van der Waals surface area contributed by atoms with Crippen LogP contribution in [0.15, 0.2) is 47.1 Å². The molecule has 3 N–H and O–H groups in total. The van der Waals surface area contributed by atoms with Crippen molar-refractivity contribution in [3.05, 3.63) is 59.5 Å². The topological polar surface area (TPSA) is 74.5 Å². The molecule has 134 valence electrons. The predicted molar refractivity (Wildman–Crippen MR) is 96.4 cm³/mol. The Morgan fingerprint density at radius 3 is 2.88 bits per heavy atom. The van der Waals surface area contributed by atoms with Gasteiger partial charge in [0.15, 0.2) is 0 Å². The number of rotatable bonds is 6. The number of aliphatic hydroxyl groups excluding tert-OH is 1. The number of hydrogen-bond donors (Lipinski definition) is 3. The minimum atomic E-state index is -0.415. The zero-order valence-electron chi connectivity index (χ0n) is 14.6. The number of nitrogens with one attached hydrogen (secondary N) is 2. The van der Waals surface area contributed by atoms with Crippen LogP contribution < -0.4 is 10.6 Å². The van der Waals surface area contributed by atoms with E-state index in [2.05, 4.69) is 10.6 Å². The van der Waals surface area contributed by atoms with Gasteiger partial charge in [0.05, 0.1) is 18.4 Å². The Hall–Kier alpha value is -2.27. The first-order valence-corrected chi connectivity index (χ1v) is 8.97. The molecule has 3 atom stereocenters. The zero-order valence-corrected chi connectivity index (χ0v) is 14.6. The fraction of sp³-hybridized carbons (Fsp3) is 0.450. The quantitative estimate of drug-likeness (QED) is 0.752. The molecule has 1 heterocycles. The van der Waals surface area contributed by atoms with Crippen molar-refractivity contribution in [2.24, 2.45) is 0 Å². The zero-order chi connectivity index (χ0) is 17.6. The van der Waals surface area contributed by atoms with Gasteiger partial charge in [-0.05, 0) is 37.8 Å². The van der Waals surface area contributed by atoms with Gasteiger partial charge in [0, 0.05) is 24.4 Å². The van der Waals surface area contributed by atoms with E-state index < -0.39 is 6.10 Å². The van der Waals surface area contributed by atoms with E-state index in [0.717, 1.165) is 36.1 Å². The maximum absolute atomic E-state index is 12.3. The smallest absolute Gasteiger partial charge is 0.315 e. The van der Waals surface area contributed by atoms with Crippen molar-refractivity contribution < 1.29 is 14.3 Å². The van der Waals surface area contributed by atoms with Gasteiger partial charge in [0.25, 0.3) is 0 Å². The summed E-state index contributed by atoms with van der Waals surface area (Å²) >= 11 is 0. The van der Waals surface area contributed by atoms with Gasteiger partial charge in [-0.1, -0.05) is 30.3 Å². The molecule has 0 spiro atoms. The first-order valence-electron chi connectivity index (χ1n) is 8.97. The van der Waals surface area contributed by atoms with Gasteiger partial charge >= 0.3 is 6.03 Å². The molecular weight excluding hydrogens is 316 g/mol. The number of hydrogen-bond acceptors (Lipinski definition) is 3. The highest BCUT2D eigenvalue weighted by molar-refractivity contribution is 5.74. The summed E-state index contributed by atoms with van der Waals surface area (Å²) in [7, 11) is 0. The van der Waals surface area contributed by atoms with Crippen LogP contribution in [0.2, 0.25) is 0 Å². The highest BCUT2D eigenvalue weighted by Gasteiger charge is 2.24. The molecule has 1 aromatic carbocycles. The maximum Gasteiger partial charge on any atom is 0.315 e. The molecule has 1 aromatic heterocycles. The molecule has 2 amide bonds. The summed E-state index contributed by atoms with van der Waals surface area (Å²) in [6.45, 7) is 2.27. The highest BCUT2D eigenvalue weighted by atomic mass is 16.3. The number of amides is 2. The molecule has 3 unspecified atom stereocenters. The number of urea groups is 1.